The number of rotatable bonds is 2. The van der Waals surface area contributed by atoms with Gasteiger partial charge in [-0.05, 0) is 25.3 Å². The average Bonchev–Trinajstić information content (AvgIpc) is 2.57. The van der Waals surface area contributed by atoms with Gasteiger partial charge in [0.2, 0.25) is 0 Å². The molecule has 82 valence electrons. The van der Waals surface area contributed by atoms with Crippen LogP contribution in [-0.4, -0.2) is 17.6 Å². The summed E-state index contributed by atoms with van der Waals surface area (Å²) < 4.78 is 0. The highest BCUT2D eigenvalue weighted by Crippen LogP contribution is 2.29. The van der Waals surface area contributed by atoms with Gasteiger partial charge in [0.1, 0.15) is 5.82 Å². The lowest BCUT2D eigenvalue weighted by Crippen LogP contribution is -2.29. The van der Waals surface area contributed by atoms with Gasteiger partial charge >= 0.3 is 0 Å². The van der Waals surface area contributed by atoms with Gasteiger partial charge in [0, 0.05) is 30.9 Å². The van der Waals surface area contributed by atoms with Gasteiger partial charge in [0.25, 0.3) is 0 Å². The summed E-state index contributed by atoms with van der Waals surface area (Å²) in [5, 5.41) is 0. The van der Waals surface area contributed by atoms with Gasteiger partial charge in [-0.15, -0.1) is 0 Å². The van der Waals surface area contributed by atoms with Gasteiger partial charge in [-0.25, -0.2) is 4.98 Å². The summed E-state index contributed by atoms with van der Waals surface area (Å²) in [6, 6.07) is 4.61. The average molecular weight is 205 g/mol. The van der Waals surface area contributed by atoms with Crippen molar-refractivity contribution < 1.29 is 0 Å². The fourth-order valence-electron chi connectivity index (χ4n) is 2.44. The first-order valence-electron chi connectivity index (χ1n) is 5.63. The third-order valence-electron chi connectivity index (χ3n) is 3.14. The number of nitrogens with two attached hydrogens (primary N) is 1. The van der Waals surface area contributed by atoms with Crippen LogP contribution in [0.15, 0.2) is 18.3 Å². The molecule has 0 aromatic carbocycles. The third kappa shape index (κ3) is 1.97. The van der Waals surface area contributed by atoms with E-state index in [0.717, 1.165) is 23.8 Å². The van der Waals surface area contributed by atoms with Crippen molar-refractivity contribution in [1.29, 1.82) is 0 Å². The van der Waals surface area contributed by atoms with Gasteiger partial charge in [-0.3, -0.25) is 0 Å². The van der Waals surface area contributed by atoms with Crippen LogP contribution in [0.2, 0.25) is 0 Å². The molecule has 1 aromatic heterocycles. The molecule has 15 heavy (non-hydrogen) atoms. The van der Waals surface area contributed by atoms with E-state index >= 15 is 0 Å². The molecule has 1 fully saturated rings. The Morgan fingerprint density at radius 3 is 2.93 bits per heavy atom. The molecule has 1 aliphatic heterocycles. The van der Waals surface area contributed by atoms with Gasteiger partial charge in [-0.1, -0.05) is 13.0 Å². The third-order valence-corrected chi connectivity index (χ3v) is 3.14. The Balaban J connectivity index is 2.29. The summed E-state index contributed by atoms with van der Waals surface area (Å²) in [4.78, 5) is 6.84. The molecule has 2 atom stereocenters. The minimum atomic E-state index is 0.570. The van der Waals surface area contributed by atoms with E-state index in [2.05, 4.69) is 29.8 Å². The number of pyridine rings is 1. The zero-order chi connectivity index (χ0) is 10.8. The molecule has 2 N–H and O–H groups in total. The topological polar surface area (TPSA) is 42.2 Å². The van der Waals surface area contributed by atoms with Crippen LogP contribution in [0, 0.1) is 5.92 Å². The summed E-state index contributed by atoms with van der Waals surface area (Å²) in [5.74, 6) is 1.84. The van der Waals surface area contributed by atoms with Crippen molar-refractivity contribution in [2.24, 2.45) is 11.7 Å². The van der Waals surface area contributed by atoms with Crippen LogP contribution in [0.25, 0.3) is 0 Å². The van der Waals surface area contributed by atoms with Crippen molar-refractivity contribution in [1.82, 2.24) is 4.98 Å². The highest BCUT2D eigenvalue weighted by Gasteiger charge is 2.27. The van der Waals surface area contributed by atoms with Crippen LogP contribution in [-0.2, 0) is 6.54 Å². The van der Waals surface area contributed by atoms with Gasteiger partial charge in [-0.2, -0.15) is 0 Å². The molecule has 0 amide bonds. The van der Waals surface area contributed by atoms with Crippen LogP contribution in [0.4, 0.5) is 5.82 Å². The van der Waals surface area contributed by atoms with Crippen molar-refractivity contribution in [2.45, 2.75) is 32.9 Å². The maximum Gasteiger partial charge on any atom is 0.133 e. The molecule has 2 rings (SSSR count). The first-order valence-corrected chi connectivity index (χ1v) is 5.63. The minimum absolute atomic E-state index is 0.570. The van der Waals surface area contributed by atoms with E-state index in [1.165, 1.54) is 6.42 Å². The van der Waals surface area contributed by atoms with E-state index in [1.54, 1.807) is 0 Å². The zero-order valence-corrected chi connectivity index (χ0v) is 9.48. The predicted molar refractivity (Wildman–Crippen MR) is 62.7 cm³/mol. The summed E-state index contributed by atoms with van der Waals surface area (Å²) in [5.41, 5.74) is 6.88. The summed E-state index contributed by atoms with van der Waals surface area (Å²) in [6.07, 6.45) is 3.10. The molecular weight excluding hydrogens is 186 g/mol. The highest BCUT2D eigenvalue weighted by atomic mass is 15.2. The van der Waals surface area contributed by atoms with Crippen molar-refractivity contribution in [3.8, 4) is 0 Å². The van der Waals surface area contributed by atoms with Crippen LogP contribution >= 0.6 is 0 Å². The van der Waals surface area contributed by atoms with Crippen LogP contribution in [0.3, 0.4) is 0 Å². The Morgan fingerprint density at radius 1 is 1.53 bits per heavy atom. The molecule has 0 spiro atoms. The lowest BCUT2D eigenvalue weighted by molar-refractivity contribution is 0.625. The van der Waals surface area contributed by atoms with E-state index in [9.17, 15) is 0 Å². The first-order chi connectivity index (χ1) is 7.22. The summed E-state index contributed by atoms with van der Waals surface area (Å²) in [7, 11) is 0. The Kier molecular flexibility index (Phi) is 2.91. The van der Waals surface area contributed by atoms with E-state index in [4.69, 9.17) is 5.73 Å². The highest BCUT2D eigenvalue weighted by molar-refractivity contribution is 5.48. The Bertz CT molecular complexity index is 337. The second kappa shape index (κ2) is 4.19. The van der Waals surface area contributed by atoms with Crippen LogP contribution < -0.4 is 10.6 Å². The molecule has 1 saturated heterocycles. The second-order valence-electron chi connectivity index (χ2n) is 4.53. The molecule has 2 heterocycles. The van der Waals surface area contributed by atoms with Crippen molar-refractivity contribution in [2.75, 3.05) is 11.4 Å². The van der Waals surface area contributed by atoms with Crippen LogP contribution in [0.5, 0.6) is 0 Å². The Morgan fingerprint density at radius 2 is 2.33 bits per heavy atom. The maximum atomic E-state index is 5.73. The fourth-order valence-corrected chi connectivity index (χ4v) is 2.44. The van der Waals surface area contributed by atoms with Crippen molar-refractivity contribution in [3.63, 3.8) is 0 Å². The number of hydrogen-bond acceptors (Lipinski definition) is 3. The zero-order valence-electron chi connectivity index (χ0n) is 9.48. The molecule has 0 saturated carbocycles. The largest absolute Gasteiger partial charge is 0.353 e. The molecule has 1 aromatic rings. The molecule has 0 bridgehead atoms. The lowest BCUT2D eigenvalue weighted by atomic mass is 10.1. The molecule has 2 unspecified atom stereocenters. The molecule has 0 aliphatic carbocycles. The molecule has 1 aliphatic rings. The fraction of sp³-hybridized carbons (Fsp3) is 0.583. The maximum absolute atomic E-state index is 5.73. The number of hydrogen-bond donors (Lipinski definition) is 1. The Labute approximate surface area is 91.3 Å². The summed E-state index contributed by atoms with van der Waals surface area (Å²) in [6.45, 7) is 6.23. The SMILES string of the molecule is CC1CC(C)N(c2ncccc2CN)C1. The molecule has 3 heteroatoms. The normalized spacial score (nSPS) is 25.9. The standard InChI is InChI=1S/C12H19N3/c1-9-6-10(2)15(8-9)12-11(7-13)4-3-5-14-12/h3-5,9-10H,6-8,13H2,1-2H3. The van der Waals surface area contributed by atoms with Crippen molar-refractivity contribution in [3.05, 3.63) is 23.9 Å². The molecule has 0 radical (unpaired) electrons. The van der Waals surface area contributed by atoms with Crippen molar-refractivity contribution >= 4 is 5.82 Å². The molecular formula is C12H19N3. The van der Waals surface area contributed by atoms with Gasteiger partial charge in [0.15, 0.2) is 0 Å². The first kappa shape index (κ1) is 10.4. The van der Waals surface area contributed by atoms with Crippen LogP contribution in [0.1, 0.15) is 25.8 Å². The van der Waals surface area contributed by atoms with E-state index in [0.29, 0.717) is 12.6 Å². The summed E-state index contributed by atoms with van der Waals surface area (Å²) >= 11 is 0. The van der Waals surface area contributed by atoms with Gasteiger partial charge in [0.05, 0.1) is 0 Å². The predicted octanol–water partition coefficient (Wildman–Crippen LogP) is 1.77. The molecule has 3 nitrogen and oxygen atoms in total. The van der Waals surface area contributed by atoms with E-state index < -0.39 is 0 Å². The lowest BCUT2D eigenvalue weighted by Gasteiger charge is -2.24. The number of anilines is 1. The second-order valence-corrected chi connectivity index (χ2v) is 4.53. The van der Waals surface area contributed by atoms with E-state index in [-0.39, 0.29) is 0 Å². The monoisotopic (exact) mass is 205 g/mol. The minimum Gasteiger partial charge on any atom is -0.353 e. The Hall–Kier alpha value is -1.09. The van der Waals surface area contributed by atoms with Gasteiger partial charge < -0.3 is 10.6 Å². The smallest absolute Gasteiger partial charge is 0.133 e. The van der Waals surface area contributed by atoms with E-state index in [1.807, 2.05) is 12.3 Å². The number of nitrogens with zero attached hydrogens (tertiary/aromatic N) is 2. The quantitative estimate of drug-likeness (QED) is 0.800. The number of aromatic nitrogens is 1.